The fourth-order valence-electron chi connectivity index (χ4n) is 2.99. The normalized spacial score (nSPS) is 17.1. The fraction of sp³-hybridized carbons (Fsp3) is 0.500. The molecule has 21 heavy (non-hydrogen) atoms. The molecule has 1 amide bonds. The second kappa shape index (κ2) is 6.26. The largest absolute Gasteiger partial charge is 0.336 e. The molecular formula is C16H22N4O. The van der Waals surface area contributed by atoms with Crippen molar-refractivity contribution in [3.63, 3.8) is 0 Å². The lowest BCUT2D eigenvalue weighted by Crippen LogP contribution is -2.36. The lowest BCUT2D eigenvalue weighted by atomic mass is 10.2. The van der Waals surface area contributed by atoms with Gasteiger partial charge in [0.1, 0.15) is 5.69 Å². The fourth-order valence-corrected chi connectivity index (χ4v) is 2.99. The summed E-state index contributed by atoms with van der Waals surface area (Å²) >= 11 is 0. The molecule has 0 atom stereocenters. The number of nitrogens with zero attached hydrogens (tertiary/aromatic N) is 4. The Balaban J connectivity index is 1.77. The summed E-state index contributed by atoms with van der Waals surface area (Å²) in [6, 6.07) is 7.67. The summed E-state index contributed by atoms with van der Waals surface area (Å²) < 4.78 is 1.73. The van der Waals surface area contributed by atoms with Gasteiger partial charge in [-0.15, -0.1) is 0 Å². The van der Waals surface area contributed by atoms with Gasteiger partial charge in [-0.1, -0.05) is 13.0 Å². The van der Waals surface area contributed by atoms with Crippen LogP contribution in [0, 0.1) is 0 Å². The SMILES string of the molecule is CCCN1CCCN(C(=O)c2cccc3ccnn23)CC1. The van der Waals surface area contributed by atoms with E-state index >= 15 is 0 Å². The van der Waals surface area contributed by atoms with Crippen LogP contribution in [0.1, 0.15) is 30.3 Å². The Labute approximate surface area is 125 Å². The summed E-state index contributed by atoms with van der Waals surface area (Å²) in [7, 11) is 0. The highest BCUT2D eigenvalue weighted by Crippen LogP contribution is 2.12. The number of carbonyl (C=O) groups is 1. The first kappa shape index (κ1) is 14.1. The van der Waals surface area contributed by atoms with Gasteiger partial charge in [0.05, 0.1) is 11.7 Å². The number of hydrogen-bond acceptors (Lipinski definition) is 3. The Kier molecular flexibility index (Phi) is 4.20. The Morgan fingerprint density at radius 1 is 1.19 bits per heavy atom. The first-order valence-electron chi connectivity index (χ1n) is 7.74. The minimum Gasteiger partial charge on any atom is -0.336 e. The second-order valence-corrected chi connectivity index (χ2v) is 5.57. The van der Waals surface area contributed by atoms with Crippen molar-refractivity contribution in [2.45, 2.75) is 19.8 Å². The standard InChI is InChI=1S/C16H22N4O/c1-2-9-18-10-4-11-19(13-12-18)16(21)15-6-3-5-14-7-8-17-20(14)15/h3,5-8H,2,4,9-13H2,1H3. The van der Waals surface area contributed by atoms with Crippen LogP contribution in [0.3, 0.4) is 0 Å². The van der Waals surface area contributed by atoms with E-state index in [-0.39, 0.29) is 5.91 Å². The number of amides is 1. The maximum Gasteiger partial charge on any atom is 0.272 e. The third-order valence-electron chi connectivity index (χ3n) is 4.06. The summed E-state index contributed by atoms with van der Waals surface area (Å²) in [5.74, 6) is 0.0858. The first-order chi connectivity index (χ1) is 10.3. The van der Waals surface area contributed by atoms with Gasteiger partial charge in [-0.25, -0.2) is 4.52 Å². The highest BCUT2D eigenvalue weighted by Gasteiger charge is 2.21. The molecule has 0 saturated carbocycles. The van der Waals surface area contributed by atoms with Gasteiger partial charge in [-0.3, -0.25) is 4.79 Å². The van der Waals surface area contributed by atoms with Crippen LogP contribution in [-0.4, -0.2) is 58.0 Å². The maximum atomic E-state index is 12.8. The quantitative estimate of drug-likeness (QED) is 0.865. The van der Waals surface area contributed by atoms with Gasteiger partial charge in [0.2, 0.25) is 0 Å². The molecule has 1 aliphatic rings. The van der Waals surface area contributed by atoms with Crippen LogP contribution >= 0.6 is 0 Å². The molecule has 2 aromatic heterocycles. The molecule has 0 N–H and O–H groups in total. The number of aromatic nitrogens is 2. The Morgan fingerprint density at radius 3 is 2.95 bits per heavy atom. The van der Waals surface area contributed by atoms with Crippen LogP contribution in [0.25, 0.3) is 5.52 Å². The van der Waals surface area contributed by atoms with E-state index in [4.69, 9.17) is 0 Å². The number of pyridine rings is 1. The molecule has 112 valence electrons. The summed E-state index contributed by atoms with van der Waals surface area (Å²) in [6.45, 7) is 7.01. The zero-order valence-electron chi connectivity index (χ0n) is 12.5. The molecule has 2 aromatic rings. The van der Waals surface area contributed by atoms with Gasteiger partial charge >= 0.3 is 0 Å². The van der Waals surface area contributed by atoms with Crippen molar-refractivity contribution >= 4 is 11.4 Å². The molecule has 5 heteroatoms. The van der Waals surface area contributed by atoms with Crippen LogP contribution in [0.2, 0.25) is 0 Å². The number of hydrogen-bond donors (Lipinski definition) is 0. The van der Waals surface area contributed by atoms with Gasteiger partial charge in [0.25, 0.3) is 5.91 Å². The van der Waals surface area contributed by atoms with E-state index in [1.807, 2.05) is 29.2 Å². The lowest BCUT2D eigenvalue weighted by Gasteiger charge is -2.22. The summed E-state index contributed by atoms with van der Waals surface area (Å²) in [5.41, 5.74) is 1.62. The second-order valence-electron chi connectivity index (χ2n) is 5.57. The van der Waals surface area contributed by atoms with E-state index in [2.05, 4.69) is 16.9 Å². The van der Waals surface area contributed by atoms with Gasteiger partial charge in [-0.2, -0.15) is 5.10 Å². The van der Waals surface area contributed by atoms with Crippen LogP contribution in [0.15, 0.2) is 30.5 Å². The van der Waals surface area contributed by atoms with E-state index in [0.29, 0.717) is 5.69 Å². The van der Waals surface area contributed by atoms with Crippen molar-refractivity contribution in [1.82, 2.24) is 19.4 Å². The molecule has 0 bridgehead atoms. The molecule has 1 saturated heterocycles. The molecule has 1 aliphatic heterocycles. The average molecular weight is 286 g/mol. The molecule has 0 spiro atoms. The van der Waals surface area contributed by atoms with Gasteiger partial charge in [0.15, 0.2) is 0 Å². The summed E-state index contributed by atoms with van der Waals surface area (Å²) in [6.07, 6.45) is 3.94. The Hall–Kier alpha value is -1.88. The van der Waals surface area contributed by atoms with Crippen LogP contribution < -0.4 is 0 Å². The topological polar surface area (TPSA) is 40.8 Å². The molecule has 0 unspecified atom stereocenters. The molecule has 0 radical (unpaired) electrons. The monoisotopic (exact) mass is 286 g/mol. The van der Waals surface area contributed by atoms with Crippen molar-refractivity contribution in [1.29, 1.82) is 0 Å². The molecule has 0 aliphatic carbocycles. The van der Waals surface area contributed by atoms with Crippen molar-refractivity contribution in [3.05, 3.63) is 36.2 Å². The van der Waals surface area contributed by atoms with E-state index in [0.717, 1.165) is 44.7 Å². The molecule has 5 nitrogen and oxygen atoms in total. The van der Waals surface area contributed by atoms with Crippen LogP contribution in [-0.2, 0) is 0 Å². The Morgan fingerprint density at radius 2 is 2.10 bits per heavy atom. The van der Waals surface area contributed by atoms with Crippen molar-refractivity contribution in [3.8, 4) is 0 Å². The number of carbonyl (C=O) groups excluding carboxylic acids is 1. The molecule has 3 heterocycles. The molecule has 0 aromatic carbocycles. The van der Waals surface area contributed by atoms with E-state index in [1.54, 1.807) is 10.7 Å². The van der Waals surface area contributed by atoms with Crippen molar-refractivity contribution in [2.24, 2.45) is 0 Å². The average Bonchev–Trinajstić information content (AvgIpc) is 2.86. The summed E-state index contributed by atoms with van der Waals surface area (Å²) in [5, 5.41) is 4.26. The summed E-state index contributed by atoms with van der Waals surface area (Å²) in [4.78, 5) is 17.2. The van der Waals surface area contributed by atoms with Gasteiger partial charge < -0.3 is 9.80 Å². The molecule has 3 rings (SSSR count). The molecule has 1 fully saturated rings. The predicted octanol–water partition coefficient (Wildman–Crippen LogP) is 1.89. The minimum absolute atomic E-state index is 0.0858. The first-order valence-corrected chi connectivity index (χ1v) is 7.74. The zero-order valence-corrected chi connectivity index (χ0v) is 12.5. The number of rotatable bonds is 3. The van der Waals surface area contributed by atoms with Gasteiger partial charge in [-0.05, 0) is 44.1 Å². The molecular weight excluding hydrogens is 264 g/mol. The maximum absolute atomic E-state index is 12.8. The van der Waals surface area contributed by atoms with Crippen LogP contribution in [0.4, 0.5) is 0 Å². The van der Waals surface area contributed by atoms with E-state index in [1.165, 1.54) is 6.42 Å². The van der Waals surface area contributed by atoms with E-state index in [9.17, 15) is 4.79 Å². The smallest absolute Gasteiger partial charge is 0.272 e. The van der Waals surface area contributed by atoms with Crippen molar-refractivity contribution in [2.75, 3.05) is 32.7 Å². The number of fused-ring (bicyclic) bond motifs is 1. The van der Waals surface area contributed by atoms with Crippen molar-refractivity contribution < 1.29 is 4.79 Å². The Bertz CT molecular complexity index is 622. The van der Waals surface area contributed by atoms with Crippen LogP contribution in [0.5, 0.6) is 0 Å². The van der Waals surface area contributed by atoms with E-state index < -0.39 is 0 Å². The highest BCUT2D eigenvalue weighted by atomic mass is 16.2. The third kappa shape index (κ3) is 2.93. The van der Waals surface area contributed by atoms with Gasteiger partial charge in [0, 0.05) is 19.6 Å². The third-order valence-corrected chi connectivity index (χ3v) is 4.06. The lowest BCUT2D eigenvalue weighted by molar-refractivity contribution is 0.0753. The highest BCUT2D eigenvalue weighted by molar-refractivity contribution is 5.93. The predicted molar refractivity (Wildman–Crippen MR) is 82.4 cm³/mol. The minimum atomic E-state index is 0.0858. The zero-order chi connectivity index (χ0) is 14.7.